The van der Waals surface area contributed by atoms with Gasteiger partial charge >= 0.3 is 0 Å². The van der Waals surface area contributed by atoms with Gasteiger partial charge in [-0.05, 0) is 76.5 Å². The zero-order valence-corrected chi connectivity index (χ0v) is 27.4. The normalized spacial score (nSPS) is 11.7. The van der Waals surface area contributed by atoms with Crippen LogP contribution in [0.2, 0.25) is 0 Å². The van der Waals surface area contributed by atoms with Crippen LogP contribution in [0.15, 0.2) is 182 Å². The van der Waals surface area contributed by atoms with E-state index in [1.807, 2.05) is 11.3 Å². The summed E-state index contributed by atoms with van der Waals surface area (Å²) in [6, 6.07) is 66.1. The van der Waals surface area contributed by atoms with Gasteiger partial charge in [0.1, 0.15) is 0 Å². The minimum Gasteiger partial charge on any atom is -0.310 e. The second-order valence-corrected chi connectivity index (χ2v) is 13.6. The van der Waals surface area contributed by atoms with Gasteiger partial charge in [-0.15, -0.1) is 11.3 Å². The van der Waals surface area contributed by atoms with Gasteiger partial charge in [-0.2, -0.15) is 0 Å². The number of para-hydroxylation sites is 2. The first-order valence-electron chi connectivity index (χ1n) is 16.7. The highest BCUT2D eigenvalue weighted by Gasteiger charge is 2.21. The molecule has 0 amide bonds. The number of hydrogen-bond acceptors (Lipinski definition) is 2. The predicted molar refractivity (Wildman–Crippen MR) is 211 cm³/mol. The molecule has 10 aromatic rings. The second kappa shape index (κ2) is 11.2. The Kier molecular flexibility index (Phi) is 6.39. The van der Waals surface area contributed by atoms with Gasteiger partial charge in [0.25, 0.3) is 0 Å². The minimum atomic E-state index is 1.12. The van der Waals surface area contributed by atoms with E-state index in [0.29, 0.717) is 0 Å². The maximum Gasteiger partial charge on any atom is 0.0561 e. The summed E-state index contributed by atoms with van der Waals surface area (Å²) in [6.45, 7) is 0. The topological polar surface area (TPSA) is 8.17 Å². The van der Waals surface area contributed by atoms with Crippen molar-refractivity contribution in [1.82, 2.24) is 4.57 Å². The van der Waals surface area contributed by atoms with Gasteiger partial charge in [0.2, 0.25) is 0 Å². The molecule has 2 heterocycles. The first-order chi connectivity index (χ1) is 24.3. The number of thiophene rings is 1. The minimum absolute atomic E-state index is 1.12. The van der Waals surface area contributed by atoms with Crippen molar-refractivity contribution in [3.05, 3.63) is 182 Å². The molecule has 0 N–H and O–H groups in total. The second-order valence-electron chi connectivity index (χ2n) is 12.6. The summed E-state index contributed by atoms with van der Waals surface area (Å²) >= 11 is 1.89. The highest BCUT2D eigenvalue weighted by atomic mass is 32.1. The third-order valence-electron chi connectivity index (χ3n) is 9.77. The van der Waals surface area contributed by atoms with E-state index in [-0.39, 0.29) is 0 Å². The Balaban J connectivity index is 1.25. The van der Waals surface area contributed by atoms with Crippen LogP contribution in [0.25, 0.3) is 69.6 Å². The fraction of sp³-hybridized carbons (Fsp3) is 0. The van der Waals surface area contributed by atoms with Crippen molar-refractivity contribution >= 4 is 81.1 Å². The SMILES string of the molecule is c1ccc(-c2ccc(N(c3ccc4c5ccccc5n(-c5ccccc5)c4c3)c3cccc4sc5c6ccccc6ccc5c34)cc2)cc1. The molecule has 8 aromatic carbocycles. The maximum atomic E-state index is 2.45. The molecule has 0 fully saturated rings. The van der Waals surface area contributed by atoms with Gasteiger partial charge in [-0.3, -0.25) is 0 Å². The molecule has 2 nitrogen and oxygen atoms in total. The fourth-order valence-corrected chi connectivity index (χ4v) is 8.79. The Morgan fingerprint density at radius 3 is 1.92 bits per heavy atom. The lowest BCUT2D eigenvalue weighted by molar-refractivity contribution is 1.18. The Morgan fingerprint density at radius 2 is 1.08 bits per heavy atom. The number of aromatic nitrogens is 1. The van der Waals surface area contributed by atoms with Crippen molar-refractivity contribution in [2.75, 3.05) is 4.90 Å². The van der Waals surface area contributed by atoms with E-state index in [2.05, 4.69) is 191 Å². The molecule has 0 saturated carbocycles. The zero-order valence-electron chi connectivity index (χ0n) is 26.6. The number of rotatable bonds is 5. The molecule has 3 heteroatoms. The summed E-state index contributed by atoms with van der Waals surface area (Å²) in [5.41, 5.74) is 9.38. The molecule has 0 atom stereocenters. The van der Waals surface area contributed by atoms with Gasteiger partial charge in [0.05, 0.1) is 16.7 Å². The van der Waals surface area contributed by atoms with Crippen molar-refractivity contribution in [2.24, 2.45) is 0 Å². The molecule has 0 spiro atoms. The molecular weight excluding hydrogens is 613 g/mol. The highest BCUT2D eigenvalue weighted by molar-refractivity contribution is 7.26. The summed E-state index contributed by atoms with van der Waals surface area (Å²) in [6.07, 6.45) is 0. The van der Waals surface area contributed by atoms with Crippen LogP contribution in [0.3, 0.4) is 0 Å². The summed E-state index contributed by atoms with van der Waals surface area (Å²) in [4.78, 5) is 2.45. The van der Waals surface area contributed by atoms with Gasteiger partial charge in [-0.25, -0.2) is 0 Å². The number of nitrogens with zero attached hydrogens (tertiary/aromatic N) is 2. The molecule has 0 aliphatic heterocycles. The van der Waals surface area contributed by atoms with Crippen LogP contribution < -0.4 is 4.90 Å². The standard InChI is InChI=1S/C46H30N2S/c1-3-12-31(13-4-1)32-22-25-35(26-23-32)47(42-20-11-21-44-45(42)40-28-24-33-14-7-8-17-37(33)46(40)49-44)36-27-29-39-38-18-9-10-19-41(38)48(43(39)30-36)34-15-5-2-6-16-34/h1-30H. The van der Waals surface area contributed by atoms with E-state index in [1.54, 1.807) is 0 Å². The summed E-state index contributed by atoms with van der Waals surface area (Å²) in [5.74, 6) is 0. The van der Waals surface area contributed by atoms with Crippen LogP contribution in [-0.2, 0) is 0 Å². The van der Waals surface area contributed by atoms with Gasteiger partial charge < -0.3 is 9.47 Å². The number of benzene rings is 8. The number of hydrogen-bond donors (Lipinski definition) is 0. The van der Waals surface area contributed by atoms with Crippen molar-refractivity contribution < 1.29 is 0 Å². The van der Waals surface area contributed by atoms with Gasteiger partial charge in [-0.1, -0.05) is 127 Å². The third kappa shape index (κ3) is 4.47. The molecule has 0 radical (unpaired) electrons. The summed E-state index contributed by atoms with van der Waals surface area (Å²) in [7, 11) is 0. The van der Waals surface area contributed by atoms with Crippen LogP contribution in [0.5, 0.6) is 0 Å². The largest absolute Gasteiger partial charge is 0.310 e. The van der Waals surface area contributed by atoms with Crippen LogP contribution in [0, 0.1) is 0 Å². The average molecular weight is 643 g/mol. The molecule has 49 heavy (non-hydrogen) atoms. The Bertz CT molecular complexity index is 2810. The third-order valence-corrected chi connectivity index (χ3v) is 11.0. The first-order valence-corrected chi connectivity index (χ1v) is 17.5. The van der Waals surface area contributed by atoms with Crippen LogP contribution in [0.4, 0.5) is 17.1 Å². The van der Waals surface area contributed by atoms with Crippen LogP contribution in [-0.4, -0.2) is 4.57 Å². The van der Waals surface area contributed by atoms with Crippen molar-refractivity contribution in [1.29, 1.82) is 0 Å². The number of fused-ring (bicyclic) bond motifs is 8. The van der Waals surface area contributed by atoms with Crippen molar-refractivity contribution in [3.8, 4) is 16.8 Å². The Hall–Kier alpha value is -6.16. The fourth-order valence-electron chi connectivity index (χ4n) is 7.54. The van der Waals surface area contributed by atoms with E-state index < -0.39 is 0 Å². The van der Waals surface area contributed by atoms with E-state index in [4.69, 9.17) is 0 Å². The molecular formula is C46H30N2S. The molecule has 2 aromatic heterocycles. The van der Waals surface area contributed by atoms with E-state index in [1.165, 1.54) is 69.6 Å². The molecule has 10 rings (SSSR count). The van der Waals surface area contributed by atoms with Gasteiger partial charge in [0, 0.05) is 48.0 Å². The smallest absolute Gasteiger partial charge is 0.0561 e. The van der Waals surface area contributed by atoms with E-state index in [9.17, 15) is 0 Å². The monoisotopic (exact) mass is 642 g/mol. The van der Waals surface area contributed by atoms with E-state index >= 15 is 0 Å². The lowest BCUT2D eigenvalue weighted by atomic mass is 10.0. The lowest BCUT2D eigenvalue weighted by Gasteiger charge is -2.27. The average Bonchev–Trinajstić information content (AvgIpc) is 3.72. The lowest BCUT2D eigenvalue weighted by Crippen LogP contribution is -2.10. The molecule has 0 aliphatic rings. The predicted octanol–water partition coefficient (Wildman–Crippen LogP) is 13.4. The Labute approximate surface area is 288 Å². The van der Waals surface area contributed by atoms with Crippen molar-refractivity contribution in [3.63, 3.8) is 0 Å². The van der Waals surface area contributed by atoms with Crippen LogP contribution in [0.1, 0.15) is 0 Å². The van der Waals surface area contributed by atoms with Crippen LogP contribution >= 0.6 is 11.3 Å². The summed E-state index contributed by atoms with van der Waals surface area (Å²) in [5, 5.41) is 7.65. The number of anilines is 3. The maximum absolute atomic E-state index is 2.45. The summed E-state index contributed by atoms with van der Waals surface area (Å²) < 4.78 is 5.02. The molecule has 0 bridgehead atoms. The van der Waals surface area contributed by atoms with E-state index in [0.717, 1.165) is 17.1 Å². The first kappa shape index (κ1) is 27.9. The molecule has 0 unspecified atom stereocenters. The van der Waals surface area contributed by atoms with Gasteiger partial charge in [0.15, 0.2) is 0 Å². The highest BCUT2D eigenvalue weighted by Crippen LogP contribution is 2.47. The quantitative estimate of drug-likeness (QED) is 0.181. The zero-order chi connectivity index (χ0) is 32.3. The molecule has 0 saturated heterocycles. The Morgan fingerprint density at radius 1 is 0.429 bits per heavy atom. The van der Waals surface area contributed by atoms with Crippen molar-refractivity contribution in [2.45, 2.75) is 0 Å². The molecule has 230 valence electrons. The molecule has 0 aliphatic carbocycles.